The zero-order valence-corrected chi connectivity index (χ0v) is 25.1. The van der Waals surface area contributed by atoms with E-state index >= 15 is 0 Å². The molecule has 4 aromatic rings. The van der Waals surface area contributed by atoms with Crippen LogP contribution in [0, 0.1) is 0 Å². The van der Waals surface area contributed by atoms with E-state index in [0.717, 1.165) is 11.6 Å². The highest BCUT2D eigenvalue weighted by Gasteiger charge is 2.30. The van der Waals surface area contributed by atoms with Crippen molar-refractivity contribution in [3.63, 3.8) is 0 Å². The van der Waals surface area contributed by atoms with Crippen molar-refractivity contribution in [3.8, 4) is 0 Å². The van der Waals surface area contributed by atoms with Gasteiger partial charge in [0.2, 0.25) is 0 Å². The Labute approximate surface area is 255 Å². The summed E-state index contributed by atoms with van der Waals surface area (Å²) in [5.41, 5.74) is 2.50. The van der Waals surface area contributed by atoms with Crippen LogP contribution in [0.5, 0.6) is 0 Å². The minimum atomic E-state index is -3.66. The third-order valence-electron chi connectivity index (χ3n) is 7.09. The van der Waals surface area contributed by atoms with Gasteiger partial charge in [0.1, 0.15) is 11.6 Å². The molecule has 218 valence electrons. The molecule has 42 heavy (non-hydrogen) atoms. The predicted octanol–water partition coefficient (Wildman–Crippen LogP) is 5.42. The number of fused-ring (bicyclic) bond motifs is 2. The largest absolute Gasteiger partial charge is 0.480 e. The van der Waals surface area contributed by atoms with Crippen molar-refractivity contribution < 1.29 is 32.3 Å². The van der Waals surface area contributed by atoms with E-state index in [9.17, 15) is 27.9 Å². The molecule has 2 amide bonds. The van der Waals surface area contributed by atoms with E-state index in [1.54, 1.807) is 29.4 Å². The number of carbonyl (C=O) groups is 3. The summed E-state index contributed by atoms with van der Waals surface area (Å²) in [7, 11) is -3.66. The lowest BCUT2D eigenvalue weighted by Gasteiger charge is -2.30. The highest BCUT2D eigenvalue weighted by atomic mass is 35.5. The second-order valence-electron chi connectivity index (χ2n) is 9.90. The van der Waals surface area contributed by atoms with E-state index in [0.29, 0.717) is 35.2 Å². The molecular weight excluding hydrogens is 627 g/mol. The zero-order valence-electron chi connectivity index (χ0n) is 22.0. The molecule has 0 spiro atoms. The summed E-state index contributed by atoms with van der Waals surface area (Å²) in [5, 5.41) is 13.1. The summed E-state index contributed by atoms with van der Waals surface area (Å²) in [6.45, 7) is 0.538. The van der Waals surface area contributed by atoms with Crippen molar-refractivity contribution in [2.24, 2.45) is 0 Å². The molecule has 9 nitrogen and oxygen atoms in total. The molecule has 0 unspecified atom stereocenters. The van der Waals surface area contributed by atoms with Crippen molar-refractivity contribution in [1.29, 1.82) is 0 Å². The molecule has 1 atom stereocenters. The molecule has 1 aromatic heterocycles. The van der Waals surface area contributed by atoms with Gasteiger partial charge in [-0.2, -0.15) is 0 Å². The summed E-state index contributed by atoms with van der Waals surface area (Å²) in [5.74, 6) is -2.38. The first-order valence-corrected chi connectivity index (χ1v) is 15.6. The van der Waals surface area contributed by atoms with Gasteiger partial charge in [-0.25, -0.2) is 13.2 Å². The van der Waals surface area contributed by atoms with Crippen molar-refractivity contribution in [1.82, 2.24) is 10.2 Å². The number of amides is 2. The third-order valence-corrected chi connectivity index (χ3v) is 9.51. The maximum absolute atomic E-state index is 13.3. The van der Waals surface area contributed by atoms with E-state index in [4.69, 9.17) is 39.2 Å². The number of aliphatic carboxylic acids is 1. The second kappa shape index (κ2) is 11.6. The minimum Gasteiger partial charge on any atom is -0.480 e. The minimum absolute atomic E-state index is 0.0104. The highest BCUT2D eigenvalue weighted by molar-refractivity contribution is 7.90. The van der Waals surface area contributed by atoms with Crippen LogP contribution in [-0.2, 0) is 34.0 Å². The molecule has 13 heteroatoms. The van der Waals surface area contributed by atoms with Crippen molar-refractivity contribution in [2.75, 3.05) is 12.8 Å². The molecule has 2 heterocycles. The number of hydrogen-bond donors (Lipinski definition) is 2. The van der Waals surface area contributed by atoms with Gasteiger partial charge in [0.15, 0.2) is 9.84 Å². The van der Waals surface area contributed by atoms with E-state index in [1.165, 1.54) is 18.2 Å². The molecular formula is C29H23Cl3N2O7S. The number of carboxylic acid groups (broad SMARTS) is 1. The normalized spacial score (nSPS) is 14.0. The number of halogens is 3. The van der Waals surface area contributed by atoms with E-state index in [2.05, 4.69) is 5.32 Å². The lowest BCUT2D eigenvalue weighted by Crippen LogP contribution is -2.43. The topological polar surface area (TPSA) is 134 Å². The van der Waals surface area contributed by atoms with Gasteiger partial charge in [-0.3, -0.25) is 9.59 Å². The van der Waals surface area contributed by atoms with Crippen LogP contribution in [0.15, 0.2) is 64.1 Å². The molecule has 0 aliphatic carbocycles. The predicted molar refractivity (Wildman–Crippen MR) is 158 cm³/mol. The molecule has 0 fully saturated rings. The molecule has 3 aromatic carbocycles. The van der Waals surface area contributed by atoms with E-state index in [-0.39, 0.29) is 50.0 Å². The third kappa shape index (κ3) is 5.85. The molecule has 2 N–H and O–H groups in total. The van der Waals surface area contributed by atoms with Crippen LogP contribution in [0.1, 0.15) is 37.4 Å². The number of sulfone groups is 1. The number of nitrogens with one attached hydrogen (secondary N) is 1. The molecule has 0 radical (unpaired) electrons. The molecule has 5 rings (SSSR count). The second-order valence-corrected chi connectivity index (χ2v) is 13.1. The highest BCUT2D eigenvalue weighted by Crippen LogP contribution is 2.35. The number of nitrogens with zero attached hydrogens (tertiary/aromatic N) is 1. The smallest absolute Gasteiger partial charge is 0.326 e. The number of carbonyl (C=O) groups excluding carboxylic acids is 2. The fourth-order valence-electron chi connectivity index (χ4n) is 4.95. The average molecular weight is 650 g/mol. The summed E-state index contributed by atoms with van der Waals surface area (Å²) < 4.78 is 29.5. The Balaban J connectivity index is 1.36. The standard InChI is InChI=1S/C29H23Cl3N2O7S/c1-42(39,40)23-4-2-3-16(25(23)31)12-21(29(37)38)33-27(35)24-20(30)11-18-14-34(9-7-19(18)26(24)32)28(36)17-6-5-15-8-10-41-22(15)13-17/h2-6,8,10-11,13,21H,7,9,12,14H2,1H3,(H,33,35)(H,37,38)/t21-/m0/s1. The Hall–Kier alpha value is -3.57. The molecule has 0 bridgehead atoms. The van der Waals surface area contributed by atoms with Crippen molar-refractivity contribution in [2.45, 2.75) is 30.3 Å². The number of carboxylic acids is 1. The molecule has 0 saturated heterocycles. The van der Waals surface area contributed by atoms with Crippen LogP contribution in [0.3, 0.4) is 0 Å². The fourth-order valence-corrected chi connectivity index (χ4v) is 7.12. The first-order valence-electron chi connectivity index (χ1n) is 12.6. The van der Waals surface area contributed by atoms with Gasteiger partial charge in [-0.15, -0.1) is 0 Å². The van der Waals surface area contributed by atoms with Gasteiger partial charge >= 0.3 is 5.97 Å². The number of rotatable bonds is 7. The summed E-state index contributed by atoms with van der Waals surface area (Å²) in [6.07, 6.45) is 2.60. The molecule has 0 saturated carbocycles. The van der Waals surface area contributed by atoms with Gasteiger partial charge in [-0.1, -0.05) is 53.0 Å². The van der Waals surface area contributed by atoms with Crippen LogP contribution in [0.25, 0.3) is 11.0 Å². The van der Waals surface area contributed by atoms with Crippen LogP contribution in [0.4, 0.5) is 0 Å². The number of benzene rings is 3. The summed E-state index contributed by atoms with van der Waals surface area (Å²) >= 11 is 19.4. The van der Waals surface area contributed by atoms with Gasteiger partial charge < -0.3 is 19.7 Å². The maximum atomic E-state index is 13.3. The Morgan fingerprint density at radius 3 is 2.55 bits per heavy atom. The number of furan rings is 1. The van der Waals surface area contributed by atoms with E-state index < -0.39 is 27.8 Å². The lowest BCUT2D eigenvalue weighted by atomic mass is 9.95. The fraction of sp³-hybridized carbons (Fsp3) is 0.207. The molecule has 1 aliphatic heterocycles. The Bertz CT molecular complexity index is 1870. The van der Waals surface area contributed by atoms with Gasteiger partial charge in [0, 0.05) is 36.7 Å². The van der Waals surface area contributed by atoms with Gasteiger partial charge in [0.25, 0.3) is 11.8 Å². The van der Waals surface area contributed by atoms with Crippen LogP contribution in [0.2, 0.25) is 15.1 Å². The number of hydrogen-bond acceptors (Lipinski definition) is 6. The zero-order chi connectivity index (χ0) is 30.3. The SMILES string of the molecule is CS(=O)(=O)c1cccc(C[C@H](NC(=O)c2c(Cl)cc3c(c2Cl)CCN(C(=O)c2ccc4ccoc4c2)C3)C(=O)O)c1Cl. The summed E-state index contributed by atoms with van der Waals surface area (Å²) in [6, 6.07) is 11.4. The van der Waals surface area contributed by atoms with Crippen LogP contribution >= 0.6 is 34.8 Å². The monoisotopic (exact) mass is 648 g/mol. The Kier molecular flexibility index (Phi) is 8.26. The first kappa shape index (κ1) is 29.9. The lowest BCUT2D eigenvalue weighted by molar-refractivity contribution is -0.139. The summed E-state index contributed by atoms with van der Waals surface area (Å²) in [4.78, 5) is 40.1. The quantitative estimate of drug-likeness (QED) is 0.273. The Morgan fingerprint density at radius 2 is 1.83 bits per heavy atom. The first-order chi connectivity index (χ1) is 19.8. The van der Waals surface area contributed by atoms with Gasteiger partial charge in [-0.05, 0) is 53.4 Å². The van der Waals surface area contributed by atoms with E-state index in [1.807, 2.05) is 12.1 Å². The average Bonchev–Trinajstić information content (AvgIpc) is 3.40. The van der Waals surface area contributed by atoms with Crippen molar-refractivity contribution in [3.05, 3.63) is 97.7 Å². The van der Waals surface area contributed by atoms with Crippen LogP contribution in [-0.4, -0.2) is 55.1 Å². The maximum Gasteiger partial charge on any atom is 0.326 e. The Morgan fingerprint density at radius 1 is 1.07 bits per heavy atom. The van der Waals surface area contributed by atoms with Crippen LogP contribution < -0.4 is 5.32 Å². The molecule has 1 aliphatic rings. The van der Waals surface area contributed by atoms with Crippen molar-refractivity contribution >= 4 is 73.4 Å². The van der Waals surface area contributed by atoms with Gasteiger partial charge in [0.05, 0.1) is 31.8 Å².